The van der Waals surface area contributed by atoms with Gasteiger partial charge in [0.2, 0.25) is 0 Å². The van der Waals surface area contributed by atoms with Gasteiger partial charge in [0.25, 0.3) is 5.69 Å². The lowest BCUT2D eigenvalue weighted by molar-refractivity contribution is -0.385. The Balaban J connectivity index is 1.81. The Bertz CT molecular complexity index is 785. The second-order valence-corrected chi connectivity index (χ2v) is 5.62. The van der Waals surface area contributed by atoms with Crippen LogP contribution < -0.4 is 5.32 Å². The summed E-state index contributed by atoms with van der Waals surface area (Å²) < 4.78 is 32.2. The van der Waals surface area contributed by atoms with Gasteiger partial charge in [-0.25, -0.2) is 13.8 Å². The molecule has 3 rings (SSSR count). The molecule has 8 heteroatoms. The summed E-state index contributed by atoms with van der Waals surface area (Å²) in [4.78, 5) is 14.3. The van der Waals surface area contributed by atoms with E-state index in [-0.39, 0.29) is 11.7 Å². The zero-order valence-corrected chi connectivity index (χ0v) is 12.8. The Labute approximate surface area is 136 Å². The Morgan fingerprint density at radius 1 is 1.33 bits per heavy atom. The van der Waals surface area contributed by atoms with E-state index in [1.54, 1.807) is 6.92 Å². The first-order valence-electron chi connectivity index (χ1n) is 7.40. The molecule has 1 N–H and O–H groups in total. The lowest BCUT2D eigenvalue weighted by Gasteiger charge is -2.21. The van der Waals surface area contributed by atoms with Crippen molar-refractivity contribution in [1.82, 2.24) is 4.98 Å². The Morgan fingerprint density at radius 3 is 2.79 bits per heavy atom. The number of aromatic nitrogens is 1. The molecule has 1 saturated heterocycles. The average Bonchev–Trinajstić information content (AvgIpc) is 3.00. The van der Waals surface area contributed by atoms with Crippen molar-refractivity contribution in [3.8, 4) is 0 Å². The molecule has 6 nitrogen and oxygen atoms in total. The first-order chi connectivity index (χ1) is 11.5. The van der Waals surface area contributed by atoms with Crippen LogP contribution in [-0.2, 0) is 4.74 Å². The molecular formula is C16H15F2N3O3. The number of nitro groups is 1. The van der Waals surface area contributed by atoms with Crippen LogP contribution in [0, 0.1) is 28.7 Å². The number of anilines is 1. The SMILES string of the molecule is Cc1cc([N+](=O)[O-])cnc1NC1CCOC1c1ccc(F)c(F)c1. The van der Waals surface area contributed by atoms with Gasteiger partial charge in [0.1, 0.15) is 18.1 Å². The number of ether oxygens (including phenoxy) is 1. The number of hydrogen-bond acceptors (Lipinski definition) is 5. The third-order valence-electron chi connectivity index (χ3n) is 3.96. The van der Waals surface area contributed by atoms with Crippen LogP contribution in [0.3, 0.4) is 0 Å². The van der Waals surface area contributed by atoms with E-state index in [0.717, 1.165) is 12.1 Å². The van der Waals surface area contributed by atoms with Gasteiger partial charge in [-0.2, -0.15) is 0 Å². The van der Waals surface area contributed by atoms with Crippen LogP contribution >= 0.6 is 0 Å². The number of hydrogen-bond donors (Lipinski definition) is 1. The largest absolute Gasteiger partial charge is 0.371 e. The lowest BCUT2D eigenvalue weighted by atomic mass is 10.0. The van der Waals surface area contributed by atoms with Gasteiger partial charge in [-0.15, -0.1) is 0 Å². The molecule has 1 aliphatic heterocycles. The first kappa shape index (κ1) is 16.3. The summed E-state index contributed by atoms with van der Waals surface area (Å²) in [5, 5.41) is 13.9. The summed E-state index contributed by atoms with van der Waals surface area (Å²) >= 11 is 0. The molecule has 1 aromatic heterocycles. The minimum atomic E-state index is -0.925. The van der Waals surface area contributed by atoms with Crippen molar-refractivity contribution in [1.29, 1.82) is 0 Å². The molecule has 0 aliphatic carbocycles. The van der Waals surface area contributed by atoms with Gasteiger partial charge in [0.15, 0.2) is 11.6 Å². The highest BCUT2D eigenvalue weighted by molar-refractivity contribution is 5.49. The molecule has 24 heavy (non-hydrogen) atoms. The predicted molar refractivity (Wildman–Crippen MR) is 82.7 cm³/mol. The fourth-order valence-corrected chi connectivity index (χ4v) is 2.74. The van der Waals surface area contributed by atoms with Crippen molar-refractivity contribution in [2.24, 2.45) is 0 Å². The van der Waals surface area contributed by atoms with Crippen molar-refractivity contribution in [3.63, 3.8) is 0 Å². The predicted octanol–water partition coefficient (Wildman–Crippen LogP) is 3.52. The van der Waals surface area contributed by atoms with E-state index in [0.29, 0.717) is 30.0 Å². The van der Waals surface area contributed by atoms with Crippen LogP contribution in [0.4, 0.5) is 20.3 Å². The second kappa shape index (κ2) is 6.48. The summed E-state index contributed by atoms with van der Waals surface area (Å²) in [7, 11) is 0. The van der Waals surface area contributed by atoms with Crippen molar-refractivity contribution in [3.05, 3.63) is 63.3 Å². The van der Waals surface area contributed by atoms with E-state index in [1.807, 2.05) is 0 Å². The molecule has 2 heterocycles. The molecule has 0 bridgehead atoms. The van der Waals surface area contributed by atoms with Gasteiger partial charge >= 0.3 is 0 Å². The Morgan fingerprint density at radius 2 is 2.12 bits per heavy atom. The first-order valence-corrected chi connectivity index (χ1v) is 7.40. The standard InChI is InChI=1S/C16H15F2N3O3/c1-9-6-11(21(22)23)8-19-16(9)20-14-4-5-24-15(14)10-2-3-12(17)13(18)7-10/h2-3,6-8,14-15H,4-5H2,1H3,(H,19,20). The number of nitrogens with one attached hydrogen (secondary N) is 1. The third kappa shape index (κ3) is 3.18. The zero-order chi connectivity index (χ0) is 17.3. The summed E-state index contributed by atoms with van der Waals surface area (Å²) in [5.41, 5.74) is 1.07. The summed E-state index contributed by atoms with van der Waals surface area (Å²) in [5.74, 6) is -1.33. The number of rotatable bonds is 4. The fourth-order valence-electron chi connectivity index (χ4n) is 2.74. The number of aryl methyl sites for hydroxylation is 1. The molecule has 0 spiro atoms. The molecule has 1 aliphatic rings. The maximum absolute atomic E-state index is 13.4. The highest BCUT2D eigenvalue weighted by atomic mass is 19.2. The number of benzene rings is 1. The van der Waals surface area contributed by atoms with Crippen molar-refractivity contribution < 1.29 is 18.4 Å². The average molecular weight is 335 g/mol. The molecule has 126 valence electrons. The smallest absolute Gasteiger partial charge is 0.287 e. The van der Waals surface area contributed by atoms with E-state index in [1.165, 1.54) is 18.3 Å². The van der Waals surface area contributed by atoms with E-state index >= 15 is 0 Å². The highest BCUT2D eigenvalue weighted by Crippen LogP contribution is 2.32. The molecule has 0 amide bonds. The van der Waals surface area contributed by atoms with Crippen molar-refractivity contribution in [2.45, 2.75) is 25.5 Å². The quantitative estimate of drug-likeness (QED) is 0.683. The zero-order valence-electron chi connectivity index (χ0n) is 12.8. The molecule has 2 atom stereocenters. The van der Waals surface area contributed by atoms with Gasteiger partial charge in [-0.05, 0) is 36.6 Å². The minimum absolute atomic E-state index is 0.0853. The van der Waals surface area contributed by atoms with E-state index in [4.69, 9.17) is 4.74 Å². The highest BCUT2D eigenvalue weighted by Gasteiger charge is 2.31. The van der Waals surface area contributed by atoms with Crippen LogP contribution in [0.15, 0.2) is 30.5 Å². The van der Waals surface area contributed by atoms with Crippen molar-refractivity contribution in [2.75, 3.05) is 11.9 Å². The lowest BCUT2D eigenvalue weighted by Crippen LogP contribution is -2.24. The van der Waals surface area contributed by atoms with Crippen LogP contribution in [-0.4, -0.2) is 22.6 Å². The van der Waals surface area contributed by atoms with E-state index < -0.39 is 22.7 Å². The second-order valence-electron chi connectivity index (χ2n) is 5.62. The molecule has 2 unspecified atom stereocenters. The fraction of sp³-hybridized carbons (Fsp3) is 0.312. The monoisotopic (exact) mass is 335 g/mol. The van der Waals surface area contributed by atoms with Crippen molar-refractivity contribution >= 4 is 11.5 Å². The number of nitrogens with zero attached hydrogens (tertiary/aromatic N) is 2. The van der Waals surface area contributed by atoms with Crippen LogP contribution in [0.2, 0.25) is 0 Å². The summed E-state index contributed by atoms with van der Waals surface area (Å²) in [6, 6.07) is 4.91. The van der Waals surface area contributed by atoms with Gasteiger partial charge in [-0.3, -0.25) is 10.1 Å². The van der Waals surface area contributed by atoms with Crippen LogP contribution in [0.5, 0.6) is 0 Å². The molecular weight excluding hydrogens is 320 g/mol. The van der Waals surface area contributed by atoms with Gasteiger partial charge in [0, 0.05) is 12.7 Å². The molecule has 2 aromatic rings. The molecule has 0 saturated carbocycles. The van der Waals surface area contributed by atoms with E-state index in [9.17, 15) is 18.9 Å². The number of pyridine rings is 1. The molecule has 1 fully saturated rings. The van der Waals surface area contributed by atoms with Gasteiger partial charge < -0.3 is 10.1 Å². The van der Waals surface area contributed by atoms with Gasteiger partial charge in [0.05, 0.1) is 11.0 Å². The maximum atomic E-state index is 13.4. The maximum Gasteiger partial charge on any atom is 0.287 e. The third-order valence-corrected chi connectivity index (χ3v) is 3.96. The van der Waals surface area contributed by atoms with E-state index in [2.05, 4.69) is 10.3 Å². The van der Waals surface area contributed by atoms with Gasteiger partial charge in [-0.1, -0.05) is 6.07 Å². The number of halogens is 2. The normalized spacial score (nSPS) is 20.1. The summed E-state index contributed by atoms with van der Waals surface area (Å²) in [6.07, 6.45) is 1.39. The Hall–Kier alpha value is -2.61. The summed E-state index contributed by atoms with van der Waals surface area (Å²) in [6.45, 7) is 2.18. The minimum Gasteiger partial charge on any atom is -0.371 e. The van der Waals surface area contributed by atoms with Crippen LogP contribution in [0.25, 0.3) is 0 Å². The molecule has 0 radical (unpaired) electrons. The van der Waals surface area contributed by atoms with Crippen LogP contribution in [0.1, 0.15) is 23.7 Å². The molecule has 1 aromatic carbocycles. The Kier molecular flexibility index (Phi) is 4.39. The topological polar surface area (TPSA) is 77.3 Å².